The average Bonchev–Trinajstić information content (AvgIpc) is 3.20. The summed E-state index contributed by atoms with van der Waals surface area (Å²) in [4.78, 5) is 71.7. The van der Waals surface area contributed by atoms with Gasteiger partial charge in [0.05, 0.1) is 0 Å². The molecule has 1 aromatic rings. The maximum Gasteiger partial charge on any atom is 0.409 e. The molecular formula is C18H20N6O8S2. The van der Waals surface area contributed by atoms with Crippen molar-refractivity contribution >= 4 is 63.8 Å². The van der Waals surface area contributed by atoms with Gasteiger partial charge in [-0.05, 0) is 5.57 Å². The number of oxime groups is 1. The number of fused-ring (bicyclic) bond motifs is 1. The van der Waals surface area contributed by atoms with Crippen LogP contribution < -0.4 is 11.1 Å². The van der Waals surface area contributed by atoms with Crippen LogP contribution in [0.15, 0.2) is 22.3 Å². The Morgan fingerprint density at radius 1 is 1.41 bits per heavy atom. The van der Waals surface area contributed by atoms with E-state index in [2.05, 4.69) is 20.3 Å². The van der Waals surface area contributed by atoms with Gasteiger partial charge in [-0.1, -0.05) is 5.16 Å². The third-order valence-corrected chi connectivity index (χ3v) is 6.69. The van der Waals surface area contributed by atoms with E-state index in [9.17, 15) is 29.1 Å². The highest BCUT2D eigenvalue weighted by Crippen LogP contribution is 2.43. The number of rotatable bonds is 7. The van der Waals surface area contributed by atoms with Crippen LogP contribution in [-0.2, 0) is 28.8 Å². The minimum absolute atomic E-state index is 0.0633. The number of hydrogen-bond acceptors (Lipinski definition) is 12. The lowest BCUT2D eigenvalue weighted by molar-refractivity contribution is -0.169. The number of nitrogens with zero attached hydrogens (tertiary/aromatic N) is 4. The molecule has 1 fully saturated rings. The Morgan fingerprint density at radius 2 is 2.12 bits per heavy atom. The number of carbonyl (C=O) groups is 5. The first-order valence-corrected chi connectivity index (χ1v) is 11.4. The Labute approximate surface area is 200 Å². The van der Waals surface area contributed by atoms with E-state index in [4.69, 9.17) is 10.5 Å². The summed E-state index contributed by atoms with van der Waals surface area (Å²) in [6.45, 7) is 0.969. The molecule has 16 heteroatoms. The zero-order valence-corrected chi connectivity index (χ0v) is 19.8. The molecule has 1 aromatic heterocycles. The van der Waals surface area contributed by atoms with E-state index in [1.165, 1.54) is 30.6 Å². The van der Waals surface area contributed by atoms with Crippen molar-refractivity contribution < 1.29 is 38.7 Å². The maximum absolute atomic E-state index is 13.0. The number of thioether (sulfide) groups is 1. The molecule has 0 saturated carbocycles. The molecule has 1 unspecified atom stereocenters. The number of amides is 3. The Balaban J connectivity index is 1.82. The topological polar surface area (TPSA) is 194 Å². The number of nitrogens with two attached hydrogens (primary N) is 1. The highest BCUT2D eigenvalue weighted by Gasteiger charge is 2.68. The van der Waals surface area contributed by atoms with Crippen molar-refractivity contribution in [1.82, 2.24) is 20.1 Å². The van der Waals surface area contributed by atoms with Gasteiger partial charge < -0.3 is 35.5 Å². The first-order valence-electron chi connectivity index (χ1n) is 9.48. The zero-order chi connectivity index (χ0) is 25.2. The molecule has 14 nitrogen and oxygen atoms in total. The van der Waals surface area contributed by atoms with Crippen LogP contribution in [-0.4, -0.2) is 92.8 Å². The van der Waals surface area contributed by atoms with Gasteiger partial charge >= 0.3 is 18.0 Å². The van der Waals surface area contributed by atoms with Crippen LogP contribution in [0, 0.1) is 0 Å². The van der Waals surface area contributed by atoms with Crippen molar-refractivity contribution in [1.29, 1.82) is 0 Å². The van der Waals surface area contributed by atoms with Gasteiger partial charge in [0.2, 0.25) is 5.54 Å². The zero-order valence-electron chi connectivity index (χ0n) is 18.1. The molecule has 3 heterocycles. The number of nitrogen functional groups attached to an aromatic ring is 1. The molecule has 34 heavy (non-hydrogen) atoms. The summed E-state index contributed by atoms with van der Waals surface area (Å²) in [5, 5.41) is 16.0. The molecule has 3 amide bonds. The van der Waals surface area contributed by atoms with Gasteiger partial charge in [0.25, 0.3) is 11.8 Å². The lowest BCUT2D eigenvalue weighted by atomic mass is 9.87. The van der Waals surface area contributed by atoms with Gasteiger partial charge in [-0.2, -0.15) is 0 Å². The number of aliphatic carboxylic acids is 1. The Kier molecular flexibility index (Phi) is 7.11. The molecule has 3 rings (SSSR count). The summed E-state index contributed by atoms with van der Waals surface area (Å²) < 4.78 is 5.09. The minimum atomic E-state index is -2.30. The first-order chi connectivity index (χ1) is 16.0. The molecule has 0 bridgehead atoms. The van der Waals surface area contributed by atoms with Crippen molar-refractivity contribution in [3.63, 3.8) is 0 Å². The predicted molar refractivity (Wildman–Crippen MR) is 120 cm³/mol. The van der Waals surface area contributed by atoms with Crippen LogP contribution in [0.25, 0.3) is 0 Å². The van der Waals surface area contributed by atoms with Gasteiger partial charge in [-0.25, -0.2) is 19.4 Å². The predicted octanol–water partition coefficient (Wildman–Crippen LogP) is -0.571. The summed E-state index contributed by atoms with van der Waals surface area (Å²) in [5.74, 6) is -4.18. The van der Waals surface area contributed by atoms with Gasteiger partial charge in [0, 0.05) is 38.4 Å². The molecule has 0 radical (unpaired) electrons. The van der Waals surface area contributed by atoms with Crippen molar-refractivity contribution in [3.05, 3.63) is 22.8 Å². The quantitative estimate of drug-likeness (QED) is 0.139. The standard InChI is InChI=1S/C18H20N6O8S2/c1-8(25)32-22-11(10-7-34-16(19)20-10)12(26)21-18(15(28)29)13(27)24-4-9(6-33-14(18)24)5-31-17(30)23(2)3/h4,7,14H,5-6H2,1-3H3,(H2,19,20)(H,21,26)(H,28,29)/b22-11-/t14-,18?/m0/s1. The fourth-order valence-corrected chi connectivity index (χ4v) is 4.89. The second-order valence-corrected chi connectivity index (χ2v) is 9.23. The third-order valence-electron chi connectivity index (χ3n) is 4.58. The summed E-state index contributed by atoms with van der Waals surface area (Å²) in [6, 6.07) is 0. The highest BCUT2D eigenvalue weighted by atomic mass is 32.2. The number of β-lactam (4-membered cyclic amide) rings is 1. The van der Waals surface area contributed by atoms with Gasteiger partial charge in [-0.15, -0.1) is 23.1 Å². The number of carboxylic acids is 1. The summed E-state index contributed by atoms with van der Waals surface area (Å²) in [6.07, 6.45) is 0.826. The van der Waals surface area contributed by atoms with Crippen LogP contribution in [0.1, 0.15) is 12.6 Å². The van der Waals surface area contributed by atoms with Crippen LogP contribution in [0.5, 0.6) is 0 Å². The molecule has 2 aliphatic rings. The number of aromatic nitrogens is 1. The van der Waals surface area contributed by atoms with Gasteiger partial charge in [-0.3, -0.25) is 9.59 Å². The molecule has 0 spiro atoms. The number of carboxylic acid groups (broad SMARTS) is 1. The molecule has 1 saturated heterocycles. The second kappa shape index (κ2) is 9.68. The lowest BCUT2D eigenvalue weighted by Gasteiger charge is -2.53. The molecule has 182 valence electrons. The second-order valence-electron chi connectivity index (χ2n) is 7.27. The normalized spacial score (nSPS) is 21.6. The van der Waals surface area contributed by atoms with Crippen molar-refractivity contribution in [3.8, 4) is 0 Å². The van der Waals surface area contributed by atoms with Gasteiger partial charge in [0.15, 0.2) is 10.8 Å². The van der Waals surface area contributed by atoms with Crippen LogP contribution >= 0.6 is 23.1 Å². The van der Waals surface area contributed by atoms with E-state index in [0.717, 1.165) is 34.9 Å². The Hall–Kier alpha value is -3.66. The monoisotopic (exact) mass is 512 g/mol. The SMILES string of the molecule is CC(=O)O/N=C(\C(=O)NC1(C(=O)O)C(=O)N2C=C(COC(=O)N(C)C)CS[C@H]21)c1csc(N)n1. The maximum atomic E-state index is 13.0. The summed E-state index contributed by atoms with van der Waals surface area (Å²) in [7, 11) is 3.04. The van der Waals surface area contributed by atoms with Crippen molar-refractivity contribution in [2.24, 2.45) is 5.16 Å². The molecule has 0 aliphatic carbocycles. The fourth-order valence-electron chi connectivity index (χ4n) is 2.99. The van der Waals surface area contributed by atoms with E-state index >= 15 is 0 Å². The number of anilines is 1. The number of ether oxygens (including phenoxy) is 1. The molecule has 0 aromatic carbocycles. The van der Waals surface area contributed by atoms with E-state index in [-0.39, 0.29) is 23.2 Å². The van der Waals surface area contributed by atoms with Crippen LogP contribution in [0.4, 0.5) is 9.93 Å². The number of nitrogens with one attached hydrogen (secondary N) is 1. The highest BCUT2D eigenvalue weighted by molar-refractivity contribution is 8.00. The molecule has 2 aliphatic heterocycles. The number of thiazole rings is 1. The molecular weight excluding hydrogens is 492 g/mol. The van der Waals surface area contributed by atoms with Gasteiger partial charge in [0.1, 0.15) is 17.7 Å². The first kappa shape index (κ1) is 25.0. The summed E-state index contributed by atoms with van der Waals surface area (Å²) >= 11 is 2.05. The summed E-state index contributed by atoms with van der Waals surface area (Å²) in [5.41, 5.74) is 3.26. The third kappa shape index (κ3) is 4.67. The van der Waals surface area contributed by atoms with Crippen LogP contribution in [0.3, 0.4) is 0 Å². The molecule has 4 N–H and O–H groups in total. The van der Waals surface area contributed by atoms with E-state index in [1.807, 2.05) is 0 Å². The smallest absolute Gasteiger partial charge is 0.409 e. The lowest BCUT2D eigenvalue weighted by Crippen LogP contribution is -2.82. The number of hydrogen-bond donors (Lipinski definition) is 3. The average molecular weight is 513 g/mol. The minimum Gasteiger partial charge on any atom is -0.479 e. The van der Waals surface area contributed by atoms with E-state index in [0.29, 0.717) is 5.57 Å². The van der Waals surface area contributed by atoms with Crippen molar-refractivity contribution in [2.45, 2.75) is 17.8 Å². The van der Waals surface area contributed by atoms with E-state index in [1.54, 1.807) is 0 Å². The fraction of sp³-hybridized carbons (Fsp3) is 0.389. The molecule has 2 atom stereocenters. The van der Waals surface area contributed by atoms with Crippen molar-refractivity contribution in [2.75, 3.05) is 32.2 Å². The van der Waals surface area contributed by atoms with E-state index < -0.39 is 46.5 Å². The van der Waals surface area contributed by atoms with Crippen LogP contribution in [0.2, 0.25) is 0 Å². The Morgan fingerprint density at radius 3 is 2.68 bits per heavy atom. The Bertz CT molecular complexity index is 1120. The largest absolute Gasteiger partial charge is 0.479 e. The number of carbonyl (C=O) groups excluding carboxylic acids is 4.